The van der Waals surface area contributed by atoms with E-state index >= 15 is 0 Å². The summed E-state index contributed by atoms with van der Waals surface area (Å²) in [4.78, 5) is 15.4. The van der Waals surface area contributed by atoms with E-state index in [1.807, 2.05) is 24.3 Å². The van der Waals surface area contributed by atoms with Gasteiger partial charge < -0.3 is 15.9 Å². The molecule has 4 heterocycles. The van der Waals surface area contributed by atoms with Crippen molar-refractivity contribution in [2.24, 2.45) is 26.4 Å². The minimum absolute atomic E-state index is 0.0587. The van der Waals surface area contributed by atoms with Crippen LogP contribution in [0.4, 0.5) is 4.39 Å². The number of nitrogens with zero attached hydrogens (tertiary/aromatic N) is 5. The van der Waals surface area contributed by atoms with Gasteiger partial charge in [0, 0.05) is 24.6 Å². The largest absolute Gasteiger partial charge is 0.465 e. The third kappa shape index (κ3) is 3.68. The molecule has 0 saturated carbocycles. The first-order chi connectivity index (χ1) is 15.0. The lowest BCUT2D eigenvalue weighted by molar-refractivity contribution is 0.0867. The number of hydrogen-bond donors (Lipinski definition) is 3. The number of fused-ring (bicyclic) bond motifs is 1. The van der Waals surface area contributed by atoms with Gasteiger partial charge in [0.2, 0.25) is 17.9 Å². The predicted octanol–water partition coefficient (Wildman–Crippen LogP) is 1.84. The molecule has 2 aromatic rings. The topological polar surface area (TPSA) is 121 Å². The Morgan fingerprint density at radius 2 is 2.03 bits per heavy atom. The standard InChI is InChI=1S/C21H25FN8O/c22-16-8-2-1-6-14(16)13-29-10-4-3-7-15(29)12-21(17-9-5-11-31-17)27-20-26-18(23)25-19(24)30(20)28-21/h1-2,5-6,8-9,11,15,28H,3-4,7,10,12-13H2,(H4,23,24,25,26,27). The number of hydrazine groups is 1. The van der Waals surface area contributed by atoms with Gasteiger partial charge in [-0.25, -0.2) is 14.4 Å². The Hall–Kier alpha value is -3.24. The number of benzene rings is 1. The number of guanidine groups is 3. The second-order valence-corrected chi connectivity index (χ2v) is 8.05. The van der Waals surface area contributed by atoms with Gasteiger partial charge in [-0.3, -0.25) is 4.90 Å². The molecular formula is C21H25FN8O. The molecule has 31 heavy (non-hydrogen) atoms. The molecule has 162 valence electrons. The minimum atomic E-state index is -0.914. The van der Waals surface area contributed by atoms with Gasteiger partial charge in [0.05, 0.1) is 6.26 Å². The van der Waals surface area contributed by atoms with Gasteiger partial charge in [0.1, 0.15) is 11.6 Å². The maximum atomic E-state index is 14.3. The summed E-state index contributed by atoms with van der Waals surface area (Å²) in [7, 11) is 0. The summed E-state index contributed by atoms with van der Waals surface area (Å²) < 4.78 is 20.1. The van der Waals surface area contributed by atoms with Crippen LogP contribution in [0.1, 0.15) is 37.0 Å². The number of halogens is 1. The van der Waals surface area contributed by atoms with E-state index in [1.165, 1.54) is 11.1 Å². The lowest BCUT2D eigenvalue weighted by atomic mass is 9.91. The Morgan fingerprint density at radius 1 is 1.16 bits per heavy atom. The van der Waals surface area contributed by atoms with Crippen LogP contribution >= 0.6 is 0 Å². The van der Waals surface area contributed by atoms with Crippen LogP contribution in [-0.4, -0.2) is 40.4 Å². The Balaban J connectivity index is 1.46. The van der Waals surface area contributed by atoms with Crippen LogP contribution in [0.5, 0.6) is 0 Å². The molecular weight excluding hydrogens is 399 g/mol. The third-order valence-corrected chi connectivity index (χ3v) is 6.00. The van der Waals surface area contributed by atoms with Crippen molar-refractivity contribution in [3.8, 4) is 0 Å². The lowest BCUT2D eigenvalue weighted by Crippen LogP contribution is -2.55. The maximum Gasteiger partial charge on any atom is 0.248 e. The van der Waals surface area contributed by atoms with Gasteiger partial charge in [0.15, 0.2) is 5.66 Å². The van der Waals surface area contributed by atoms with E-state index < -0.39 is 5.66 Å². The molecule has 9 nitrogen and oxygen atoms in total. The zero-order valence-corrected chi connectivity index (χ0v) is 17.0. The Morgan fingerprint density at radius 3 is 2.84 bits per heavy atom. The molecule has 1 aromatic carbocycles. The van der Waals surface area contributed by atoms with E-state index in [9.17, 15) is 4.39 Å². The molecule has 0 amide bonds. The van der Waals surface area contributed by atoms with E-state index in [0.29, 0.717) is 30.2 Å². The summed E-state index contributed by atoms with van der Waals surface area (Å²) in [5, 5.41) is 1.53. The van der Waals surface area contributed by atoms with Crippen LogP contribution in [0.25, 0.3) is 0 Å². The van der Waals surface area contributed by atoms with Crippen LogP contribution in [0.2, 0.25) is 0 Å². The lowest BCUT2D eigenvalue weighted by Gasteiger charge is -2.39. The van der Waals surface area contributed by atoms with Gasteiger partial charge in [-0.2, -0.15) is 15.4 Å². The molecule has 1 fully saturated rings. The Kier molecular flexibility index (Phi) is 4.95. The van der Waals surface area contributed by atoms with Crippen LogP contribution in [0.15, 0.2) is 62.1 Å². The summed E-state index contributed by atoms with van der Waals surface area (Å²) in [6, 6.07) is 10.8. The average molecular weight is 424 g/mol. The van der Waals surface area contributed by atoms with Gasteiger partial charge in [0.25, 0.3) is 0 Å². The van der Waals surface area contributed by atoms with E-state index in [1.54, 1.807) is 12.3 Å². The van der Waals surface area contributed by atoms with Crippen LogP contribution in [0, 0.1) is 5.82 Å². The highest BCUT2D eigenvalue weighted by molar-refractivity contribution is 6.11. The number of piperidine rings is 1. The SMILES string of the molecule is NC1=NC2=NC(CC3CCCCN3Cc3ccccc3F)(c3ccco3)NN2C(N)=N1. The molecule has 10 heteroatoms. The minimum Gasteiger partial charge on any atom is -0.465 e. The third-order valence-electron chi connectivity index (χ3n) is 6.00. The zero-order chi connectivity index (χ0) is 21.4. The second-order valence-electron chi connectivity index (χ2n) is 8.05. The molecule has 0 bridgehead atoms. The van der Waals surface area contributed by atoms with Crippen molar-refractivity contribution in [2.45, 2.75) is 43.9 Å². The summed E-state index contributed by atoms with van der Waals surface area (Å²) in [6.45, 7) is 1.43. The number of aliphatic imine (C=N–C) groups is 3. The quantitative estimate of drug-likeness (QED) is 0.673. The number of likely N-dealkylation sites (tertiary alicyclic amines) is 1. The fraction of sp³-hybridized carbons (Fsp3) is 0.381. The summed E-state index contributed by atoms with van der Waals surface area (Å²) in [5.74, 6) is 1.04. The van der Waals surface area contributed by atoms with Gasteiger partial charge in [-0.05, 0) is 37.6 Å². The van der Waals surface area contributed by atoms with Crippen molar-refractivity contribution in [2.75, 3.05) is 6.54 Å². The first-order valence-corrected chi connectivity index (χ1v) is 10.4. The second kappa shape index (κ2) is 7.78. The molecule has 1 aromatic heterocycles. The summed E-state index contributed by atoms with van der Waals surface area (Å²) in [5.41, 5.74) is 14.9. The normalized spacial score (nSPS) is 26.3. The van der Waals surface area contributed by atoms with E-state index in [0.717, 1.165) is 25.8 Å². The molecule has 5 rings (SSSR count). The first-order valence-electron chi connectivity index (χ1n) is 10.4. The fourth-order valence-corrected chi connectivity index (χ4v) is 4.51. The number of rotatable bonds is 5. The summed E-state index contributed by atoms with van der Waals surface area (Å²) in [6.07, 6.45) is 5.36. The number of nitrogens with two attached hydrogens (primary N) is 2. The average Bonchev–Trinajstić information content (AvgIpc) is 3.40. The Bertz CT molecular complexity index is 1050. The predicted molar refractivity (Wildman–Crippen MR) is 115 cm³/mol. The number of nitrogens with one attached hydrogen (secondary N) is 1. The molecule has 0 aliphatic carbocycles. The van der Waals surface area contributed by atoms with Crippen molar-refractivity contribution < 1.29 is 8.81 Å². The van der Waals surface area contributed by atoms with Gasteiger partial charge in [-0.1, -0.05) is 24.6 Å². The fourth-order valence-electron chi connectivity index (χ4n) is 4.51. The molecule has 0 spiro atoms. The van der Waals surface area contributed by atoms with Crippen molar-refractivity contribution in [3.05, 3.63) is 59.8 Å². The number of hydrogen-bond acceptors (Lipinski definition) is 9. The van der Waals surface area contributed by atoms with Crippen molar-refractivity contribution in [1.29, 1.82) is 0 Å². The van der Waals surface area contributed by atoms with Crippen LogP contribution in [-0.2, 0) is 12.2 Å². The monoisotopic (exact) mass is 424 g/mol. The van der Waals surface area contributed by atoms with Crippen LogP contribution < -0.4 is 16.9 Å². The zero-order valence-electron chi connectivity index (χ0n) is 17.0. The summed E-state index contributed by atoms with van der Waals surface area (Å²) >= 11 is 0. The number of furan rings is 1. The molecule has 2 atom stereocenters. The first kappa shape index (κ1) is 19.7. The molecule has 2 unspecified atom stereocenters. The molecule has 3 aliphatic heterocycles. The Labute approximate surface area is 179 Å². The van der Waals surface area contributed by atoms with Crippen molar-refractivity contribution in [3.63, 3.8) is 0 Å². The smallest absolute Gasteiger partial charge is 0.248 e. The van der Waals surface area contributed by atoms with Crippen molar-refractivity contribution in [1.82, 2.24) is 15.3 Å². The van der Waals surface area contributed by atoms with E-state index in [4.69, 9.17) is 20.9 Å². The molecule has 5 N–H and O–H groups in total. The highest BCUT2D eigenvalue weighted by Gasteiger charge is 2.47. The molecule has 3 aliphatic rings. The highest BCUT2D eigenvalue weighted by Crippen LogP contribution is 2.37. The highest BCUT2D eigenvalue weighted by atomic mass is 19.1. The van der Waals surface area contributed by atoms with Gasteiger partial charge in [-0.15, -0.1) is 0 Å². The van der Waals surface area contributed by atoms with Crippen LogP contribution in [0.3, 0.4) is 0 Å². The van der Waals surface area contributed by atoms with Crippen molar-refractivity contribution >= 4 is 17.9 Å². The van der Waals surface area contributed by atoms with E-state index in [-0.39, 0.29) is 23.8 Å². The van der Waals surface area contributed by atoms with E-state index in [2.05, 4.69) is 20.3 Å². The molecule has 0 radical (unpaired) electrons. The maximum absolute atomic E-state index is 14.3. The molecule has 1 saturated heterocycles. The van der Waals surface area contributed by atoms with Gasteiger partial charge >= 0.3 is 0 Å².